The van der Waals surface area contributed by atoms with Gasteiger partial charge in [0.2, 0.25) is 11.9 Å². The Balaban J connectivity index is 2.26. The number of nitrogens with two attached hydrogens (primary N) is 1. The Kier molecular flexibility index (Phi) is 3.19. The van der Waals surface area contributed by atoms with Crippen LogP contribution < -0.4 is 10.6 Å². The van der Waals surface area contributed by atoms with Gasteiger partial charge in [0.15, 0.2) is 0 Å². The molecule has 3 N–H and O–H groups in total. The lowest BCUT2D eigenvalue weighted by Gasteiger charge is -2.24. The molecule has 0 saturated heterocycles. The van der Waals surface area contributed by atoms with E-state index >= 15 is 0 Å². The summed E-state index contributed by atoms with van der Waals surface area (Å²) in [6.07, 6.45) is 0. The quantitative estimate of drug-likeness (QED) is 0.878. The van der Waals surface area contributed by atoms with Crippen LogP contribution in [0.15, 0.2) is 24.3 Å². The smallest absolute Gasteiger partial charge is 0.246 e. The van der Waals surface area contributed by atoms with Crippen LogP contribution in [0, 0.1) is 0 Å². The number of hydrogen-bond acceptors (Lipinski definition) is 4. The van der Waals surface area contributed by atoms with E-state index in [4.69, 9.17) is 17.3 Å². The number of hydrogen-bond donors (Lipinski definition) is 2. The van der Waals surface area contributed by atoms with Gasteiger partial charge in [-0.3, -0.25) is 0 Å². The summed E-state index contributed by atoms with van der Waals surface area (Å²) < 4.78 is 0. The molecule has 0 saturated carbocycles. The maximum Gasteiger partial charge on any atom is 0.246 e. The standard InChI is InChI=1S/C11H14ClN5/c1-7(8-5-3-4-6-9(8)12)17(2)11-14-10(13)15-16-11/h3-7H,1-2H3,(H3,13,14,15,16). The van der Waals surface area contributed by atoms with Crippen molar-refractivity contribution >= 4 is 23.5 Å². The first-order valence-electron chi connectivity index (χ1n) is 5.24. The summed E-state index contributed by atoms with van der Waals surface area (Å²) in [5.74, 6) is 0.855. The van der Waals surface area contributed by atoms with E-state index in [1.165, 1.54) is 0 Å². The van der Waals surface area contributed by atoms with Gasteiger partial charge in [0.25, 0.3) is 0 Å². The molecule has 0 spiro atoms. The molecule has 1 aromatic carbocycles. The van der Waals surface area contributed by atoms with Gasteiger partial charge < -0.3 is 10.6 Å². The molecule has 2 rings (SSSR count). The van der Waals surface area contributed by atoms with Gasteiger partial charge in [0.05, 0.1) is 6.04 Å². The number of rotatable bonds is 3. The minimum atomic E-state index is 0.0684. The predicted molar refractivity (Wildman–Crippen MR) is 69.1 cm³/mol. The molecular weight excluding hydrogens is 238 g/mol. The maximum atomic E-state index is 6.16. The molecule has 0 radical (unpaired) electrons. The number of benzene rings is 1. The fraction of sp³-hybridized carbons (Fsp3) is 0.273. The third-order valence-electron chi connectivity index (χ3n) is 2.74. The zero-order valence-corrected chi connectivity index (χ0v) is 10.4. The van der Waals surface area contributed by atoms with E-state index in [1.807, 2.05) is 43.1 Å². The molecule has 17 heavy (non-hydrogen) atoms. The largest absolute Gasteiger partial charge is 0.368 e. The van der Waals surface area contributed by atoms with Gasteiger partial charge in [-0.1, -0.05) is 29.8 Å². The van der Waals surface area contributed by atoms with Crippen molar-refractivity contribution in [1.29, 1.82) is 0 Å². The third kappa shape index (κ3) is 2.34. The summed E-state index contributed by atoms with van der Waals surface area (Å²) in [5, 5.41) is 7.36. The number of aromatic amines is 1. The highest BCUT2D eigenvalue weighted by Crippen LogP contribution is 2.28. The fourth-order valence-electron chi connectivity index (χ4n) is 1.62. The molecule has 0 aliphatic carbocycles. The van der Waals surface area contributed by atoms with Crippen LogP contribution >= 0.6 is 11.6 Å². The van der Waals surface area contributed by atoms with Crippen molar-refractivity contribution < 1.29 is 0 Å². The Morgan fingerprint density at radius 3 is 2.71 bits per heavy atom. The molecule has 1 atom stereocenters. The van der Waals surface area contributed by atoms with Crippen LogP contribution in [0.2, 0.25) is 5.02 Å². The summed E-state index contributed by atoms with van der Waals surface area (Å²) in [6, 6.07) is 7.78. The Morgan fingerprint density at radius 2 is 2.12 bits per heavy atom. The highest BCUT2D eigenvalue weighted by atomic mass is 35.5. The van der Waals surface area contributed by atoms with Crippen molar-refractivity contribution in [2.45, 2.75) is 13.0 Å². The Bertz CT molecular complexity index is 510. The molecule has 5 nitrogen and oxygen atoms in total. The fourth-order valence-corrected chi connectivity index (χ4v) is 1.91. The highest BCUT2D eigenvalue weighted by molar-refractivity contribution is 6.31. The van der Waals surface area contributed by atoms with Crippen LogP contribution in [0.5, 0.6) is 0 Å². The number of nitrogens with one attached hydrogen (secondary N) is 1. The molecular formula is C11H14ClN5. The highest BCUT2D eigenvalue weighted by Gasteiger charge is 2.17. The van der Waals surface area contributed by atoms with Gasteiger partial charge in [-0.25, -0.2) is 5.10 Å². The summed E-state index contributed by atoms with van der Waals surface area (Å²) in [6.45, 7) is 2.04. The van der Waals surface area contributed by atoms with Crippen molar-refractivity contribution in [2.75, 3.05) is 17.7 Å². The first kappa shape index (κ1) is 11.7. The molecule has 90 valence electrons. The number of anilines is 2. The molecule has 1 aromatic heterocycles. The van der Waals surface area contributed by atoms with E-state index in [1.54, 1.807) is 0 Å². The molecule has 6 heteroatoms. The van der Waals surface area contributed by atoms with E-state index in [0.717, 1.165) is 10.6 Å². The summed E-state index contributed by atoms with van der Waals surface area (Å²) in [4.78, 5) is 5.99. The first-order valence-corrected chi connectivity index (χ1v) is 5.62. The predicted octanol–water partition coefficient (Wildman–Crippen LogP) is 2.24. The van der Waals surface area contributed by atoms with Crippen molar-refractivity contribution in [3.63, 3.8) is 0 Å². The number of nitrogen functional groups attached to an aromatic ring is 1. The van der Waals surface area contributed by atoms with Crippen molar-refractivity contribution in [3.05, 3.63) is 34.9 Å². The summed E-state index contributed by atoms with van der Waals surface area (Å²) >= 11 is 6.16. The zero-order valence-electron chi connectivity index (χ0n) is 9.68. The average molecular weight is 252 g/mol. The lowest BCUT2D eigenvalue weighted by atomic mass is 10.1. The maximum absolute atomic E-state index is 6.16. The van der Waals surface area contributed by atoms with Crippen molar-refractivity contribution in [2.24, 2.45) is 0 Å². The number of nitrogens with zero attached hydrogens (tertiary/aromatic N) is 3. The molecule has 0 aliphatic rings. The second-order valence-corrected chi connectivity index (χ2v) is 4.24. The van der Waals surface area contributed by atoms with Gasteiger partial charge in [-0.15, -0.1) is 5.10 Å². The molecule has 0 amide bonds. The molecule has 0 fully saturated rings. The average Bonchev–Trinajstić information content (AvgIpc) is 2.75. The zero-order chi connectivity index (χ0) is 12.4. The number of halogens is 1. The lowest BCUT2D eigenvalue weighted by Crippen LogP contribution is -2.23. The molecule has 0 aliphatic heterocycles. The Labute approximate surface area is 105 Å². The summed E-state index contributed by atoms with van der Waals surface area (Å²) in [5.41, 5.74) is 6.53. The minimum Gasteiger partial charge on any atom is -0.368 e. The SMILES string of the molecule is CC(c1ccccc1Cl)N(C)c1n[nH]c(N)n1. The Morgan fingerprint density at radius 1 is 1.41 bits per heavy atom. The van der Waals surface area contributed by atoms with Crippen molar-refractivity contribution in [1.82, 2.24) is 15.2 Å². The van der Waals surface area contributed by atoms with Crippen molar-refractivity contribution in [3.8, 4) is 0 Å². The van der Waals surface area contributed by atoms with Gasteiger partial charge in [0, 0.05) is 12.1 Å². The normalized spacial score (nSPS) is 12.4. The minimum absolute atomic E-state index is 0.0684. The molecule has 1 heterocycles. The van der Waals surface area contributed by atoms with Crippen LogP contribution in [-0.4, -0.2) is 22.2 Å². The van der Waals surface area contributed by atoms with Crippen LogP contribution in [-0.2, 0) is 0 Å². The number of aromatic nitrogens is 3. The van der Waals surface area contributed by atoms with Crippen LogP contribution in [0.4, 0.5) is 11.9 Å². The van der Waals surface area contributed by atoms with Crippen LogP contribution in [0.25, 0.3) is 0 Å². The topological polar surface area (TPSA) is 70.8 Å². The lowest BCUT2D eigenvalue weighted by molar-refractivity contribution is 0.717. The first-order chi connectivity index (χ1) is 8.09. The van der Waals surface area contributed by atoms with Crippen LogP contribution in [0.3, 0.4) is 0 Å². The van der Waals surface area contributed by atoms with Gasteiger partial charge in [-0.2, -0.15) is 4.98 Å². The van der Waals surface area contributed by atoms with Gasteiger partial charge >= 0.3 is 0 Å². The third-order valence-corrected chi connectivity index (χ3v) is 3.09. The molecule has 0 bridgehead atoms. The second kappa shape index (κ2) is 4.63. The van der Waals surface area contributed by atoms with E-state index in [0.29, 0.717) is 11.9 Å². The Hall–Kier alpha value is -1.75. The molecule has 2 aromatic rings. The monoisotopic (exact) mass is 251 g/mol. The van der Waals surface area contributed by atoms with E-state index in [2.05, 4.69) is 15.2 Å². The van der Waals surface area contributed by atoms with Gasteiger partial charge in [-0.05, 0) is 18.6 Å². The summed E-state index contributed by atoms with van der Waals surface area (Å²) in [7, 11) is 1.90. The van der Waals surface area contributed by atoms with E-state index < -0.39 is 0 Å². The van der Waals surface area contributed by atoms with Gasteiger partial charge in [0.1, 0.15) is 0 Å². The van der Waals surface area contributed by atoms with Crippen LogP contribution in [0.1, 0.15) is 18.5 Å². The molecule has 1 unspecified atom stereocenters. The van der Waals surface area contributed by atoms with E-state index in [-0.39, 0.29) is 6.04 Å². The second-order valence-electron chi connectivity index (χ2n) is 3.83. The number of H-pyrrole nitrogens is 1. The van der Waals surface area contributed by atoms with E-state index in [9.17, 15) is 0 Å².